The van der Waals surface area contributed by atoms with Gasteiger partial charge < -0.3 is 9.26 Å². The Morgan fingerprint density at radius 2 is 2.23 bits per heavy atom. The predicted molar refractivity (Wildman–Crippen MR) is 90.9 cm³/mol. The van der Waals surface area contributed by atoms with Gasteiger partial charge in [0, 0.05) is 19.2 Å². The highest BCUT2D eigenvalue weighted by atomic mass is 32.2. The Morgan fingerprint density at radius 3 is 3.04 bits per heavy atom. The smallest absolute Gasteiger partial charge is 0.242 e. The number of rotatable bonds is 6. The summed E-state index contributed by atoms with van der Waals surface area (Å²) in [6, 6.07) is 4.82. The van der Waals surface area contributed by atoms with Gasteiger partial charge in [-0.2, -0.15) is 10.1 Å². The molecule has 0 radical (unpaired) electrons. The molecule has 0 aliphatic carbocycles. The number of hydrogen-bond acceptors (Lipinski definition) is 7. The van der Waals surface area contributed by atoms with Crippen LogP contribution < -0.4 is 9.46 Å². The van der Waals surface area contributed by atoms with Crippen LogP contribution in [-0.4, -0.2) is 34.9 Å². The molecular formula is C16H17N5O4S. The number of aryl methyl sites for hydroxylation is 1. The number of aromatic nitrogens is 4. The Labute approximate surface area is 150 Å². The molecule has 0 bridgehead atoms. The van der Waals surface area contributed by atoms with E-state index in [4.69, 9.17) is 9.26 Å². The first-order valence-electron chi connectivity index (χ1n) is 8.16. The molecule has 10 heteroatoms. The van der Waals surface area contributed by atoms with Crippen LogP contribution in [0, 0.1) is 0 Å². The fourth-order valence-electron chi connectivity index (χ4n) is 2.67. The third-order valence-electron chi connectivity index (χ3n) is 4.07. The van der Waals surface area contributed by atoms with E-state index in [9.17, 15) is 8.42 Å². The van der Waals surface area contributed by atoms with Crippen LogP contribution >= 0.6 is 0 Å². The molecule has 0 spiro atoms. The summed E-state index contributed by atoms with van der Waals surface area (Å²) in [6.45, 7) is 3.19. The van der Waals surface area contributed by atoms with Crippen molar-refractivity contribution in [3.8, 4) is 17.1 Å². The summed E-state index contributed by atoms with van der Waals surface area (Å²) < 4.78 is 39.7. The normalized spacial score (nSPS) is 13.6. The first-order chi connectivity index (χ1) is 12.5. The van der Waals surface area contributed by atoms with E-state index in [2.05, 4.69) is 20.0 Å². The number of fused-ring (bicyclic) bond motifs is 1. The second kappa shape index (κ2) is 6.54. The van der Waals surface area contributed by atoms with Crippen LogP contribution in [0.15, 0.2) is 40.0 Å². The van der Waals surface area contributed by atoms with Crippen molar-refractivity contribution in [2.45, 2.75) is 31.3 Å². The van der Waals surface area contributed by atoms with Gasteiger partial charge in [0.25, 0.3) is 0 Å². The van der Waals surface area contributed by atoms with Crippen molar-refractivity contribution in [3.05, 3.63) is 42.0 Å². The molecule has 136 valence electrons. The third-order valence-corrected chi connectivity index (χ3v) is 5.47. The van der Waals surface area contributed by atoms with Crippen molar-refractivity contribution >= 4 is 10.0 Å². The van der Waals surface area contributed by atoms with E-state index in [1.165, 1.54) is 6.07 Å². The van der Waals surface area contributed by atoms with E-state index in [0.717, 1.165) is 17.9 Å². The SMILES string of the molecule is CCn1cc(-c2noc(CNS(=O)(=O)c3ccc4c(c3)CCO4)n2)cn1. The van der Waals surface area contributed by atoms with Crippen molar-refractivity contribution in [2.24, 2.45) is 0 Å². The van der Waals surface area contributed by atoms with E-state index in [-0.39, 0.29) is 17.3 Å². The van der Waals surface area contributed by atoms with Gasteiger partial charge >= 0.3 is 0 Å². The molecule has 0 atom stereocenters. The number of nitrogens with zero attached hydrogens (tertiary/aromatic N) is 4. The molecule has 9 nitrogen and oxygen atoms in total. The zero-order valence-corrected chi connectivity index (χ0v) is 14.9. The average Bonchev–Trinajstić information content (AvgIpc) is 3.38. The fourth-order valence-corrected chi connectivity index (χ4v) is 3.69. The second-order valence-corrected chi connectivity index (χ2v) is 7.56. The van der Waals surface area contributed by atoms with Crippen molar-refractivity contribution in [1.82, 2.24) is 24.6 Å². The molecule has 3 aromatic rings. The molecule has 0 amide bonds. The summed E-state index contributed by atoms with van der Waals surface area (Å²) in [6.07, 6.45) is 4.14. The molecule has 0 saturated carbocycles. The van der Waals surface area contributed by atoms with Crippen molar-refractivity contribution in [2.75, 3.05) is 6.61 Å². The minimum absolute atomic E-state index is 0.0924. The van der Waals surface area contributed by atoms with Gasteiger partial charge in [0.05, 0.1) is 29.8 Å². The van der Waals surface area contributed by atoms with E-state index >= 15 is 0 Å². The van der Waals surface area contributed by atoms with Gasteiger partial charge in [0.15, 0.2) is 0 Å². The molecule has 26 heavy (non-hydrogen) atoms. The molecule has 1 aromatic carbocycles. The summed E-state index contributed by atoms with van der Waals surface area (Å²) in [4.78, 5) is 4.39. The first kappa shape index (κ1) is 16.7. The molecule has 1 aliphatic heterocycles. The quantitative estimate of drug-likeness (QED) is 0.692. The maximum absolute atomic E-state index is 12.5. The minimum Gasteiger partial charge on any atom is -0.493 e. The lowest BCUT2D eigenvalue weighted by atomic mass is 10.2. The maximum atomic E-state index is 12.5. The van der Waals surface area contributed by atoms with Crippen LogP contribution in [-0.2, 0) is 29.5 Å². The van der Waals surface area contributed by atoms with E-state index in [1.54, 1.807) is 29.2 Å². The van der Waals surface area contributed by atoms with Gasteiger partial charge in [-0.3, -0.25) is 4.68 Å². The molecule has 0 unspecified atom stereocenters. The Hall–Kier alpha value is -2.72. The van der Waals surface area contributed by atoms with Gasteiger partial charge in [-0.25, -0.2) is 13.1 Å². The molecule has 1 N–H and O–H groups in total. The third kappa shape index (κ3) is 3.20. The van der Waals surface area contributed by atoms with Crippen LogP contribution in [0.2, 0.25) is 0 Å². The highest BCUT2D eigenvalue weighted by Gasteiger charge is 2.20. The van der Waals surface area contributed by atoms with Crippen molar-refractivity contribution in [3.63, 3.8) is 0 Å². The Kier molecular flexibility index (Phi) is 4.21. The summed E-state index contributed by atoms with van der Waals surface area (Å²) >= 11 is 0. The topological polar surface area (TPSA) is 112 Å². The Bertz CT molecular complexity index is 1040. The second-order valence-electron chi connectivity index (χ2n) is 5.79. The van der Waals surface area contributed by atoms with Crippen LogP contribution in [0.4, 0.5) is 0 Å². The molecule has 0 saturated heterocycles. The van der Waals surface area contributed by atoms with Gasteiger partial charge in [-0.1, -0.05) is 5.16 Å². The lowest BCUT2D eigenvalue weighted by Crippen LogP contribution is -2.23. The number of nitrogens with one attached hydrogen (secondary N) is 1. The molecular weight excluding hydrogens is 358 g/mol. The summed E-state index contributed by atoms with van der Waals surface area (Å²) in [5.41, 5.74) is 1.60. The first-order valence-corrected chi connectivity index (χ1v) is 9.64. The number of sulfonamides is 1. The summed E-state index contributed by atoms with van der Waals surface area (Å²) in [5.74, 6) is 1.28. The number of benzene rings is 1. The molecule has 1 aliphatic rings. The van der Waals surface area contributed by atoms with Crippen molar-refractivity contribution in [1.29, 1.82) is 0 Å². The Morgan fingerprint density at radius 1 is 1.35 bits per heavy atom. The molecule has 2 aromatic heterocycles. The average molecular weight is 375 g/mol. The maximum Gasteiger partial charge on any atom is 0.242 e. The molecule has 0 fully saturated rings. The van der Waals surface area contributed by atoms with Crippen LogP contribution in [0.25, 0.3) is 11.4 Å². The van der Waals surface area contributed by atoms with Crippen LogP contribution in [0.3, 0.4) is 0 Å². The lowest BCUT2D eigenvalue weighted by molar-refractivity contribution is 0.356. The van der Waals surface area contributed by atoms with E-state index < -0.39 is 10.0 Å². The Balaban J connectivity index is 1.46. The molecule has 4 rings (SSSR count). The lowest BCUT2D eigenvalue weighted by Gasteiger charge is -2.06. The standard InChI is InChI=1S/C16H17N5O4S/c1-2-21-10-12(8-17-21)16-19-15(25-20-16)9-18-26(22,23)13-3-4-14-11(7-13)5-6-24-14/h3-4,7-8,10,18H,2,5-6,9H2,1H3. The largest absolute Gasteiger partial charge is 0.493 e. The number of hydrogen-bond donors (Lipinski definition) is 1. The monoisotopic (exact) mass is 375 g/mol. The van der Waals surface area contributed by atoms with Gasteiger partial charge in [0.1, 0.15) is 5.75 Å². The van der Waals surface area contributed by atoms with E-state index in [0.29, 0.717) is 24.4 Å². The molecule has 3 heterocycles. The van der Waals surface area contributed by atoms with E-state index in [1.807, 2.05) is 6.92 Å². The van der Waals surface area contributed by atoms with Crippen molar-refractivity contribution < 1.29 is 17.7 Å². The van der Waals surface area contributed by atoms with Gasteiger partial charge in [-0.05, 0) is 30.7 Å². The number of ether oxygens (including phenoxy) is 1. The van der Waals surface area contributed by atoms with Crippen LogP contribution in [0.5, 0.6) is 5.75 Å². The van der Waals surface area contributed by atoms with Gasteiger partial charge in [-0.15, -0.1) is 0 Å². The minimum atomic E-state index is -3.69. The zero-order valence-electron chi connectivity index (χ0n) is 14.0. The highest BCUT2D eigenvalue weighted by molar-refractivity contribution is 7.89. The summed E-state index contributed by atoms with van der Waals surface area (Å²) in [5, 5.41) is 8.01. The predicted octanol–water partition coefficient (Wildman–Crippen LogP) is 1.37. The summed E-state index contributed by atoms with van der Waals surface area (Å²) in [7, 11) is -3.69. The fraction of sp³-hybridized carbons (Fsp3) is 0.312. The highest BCUT2D eigenvalue weighted by Crippen LogP contribution is 2.27. The zero-order chi connectivity index (χ0) is 18.1. The van der Waals surface area contributed by atoms with Gasteiger partial charge in [0.2, 0.25) is 21.7 Å². The van der Waals surface area contributed by atoms with Crippen LogP contribution in [0.1, 0.15) is 18.4 Å².